The van der Waals surface area contributed by atoms with Gasteiger partial charge >= 0.3 is 0 Å². The number of rotatable bonds is 7. The number of anilines is 6. The van der Waals surface area contributed by atoms with Crippen LogP contribution in [0.25, 0.3) is 115 Å². The minimum absolute atomic E-state index is 0.0618. The van der Waals surface area contributed by atoms with E-state index in [2.05, 4.69) is 241 Å². The SMILES string of the molecule is [2H]c1c([2H])c([2H])c(-c2ccc3c(c2)N(c2ccc(-c4ccccc4)cc2)c2cc4c(c5c2B3c2ccc(-c3c([2H])c([2H])c([2H])c([2H])c3[2H])cc2N5c2c(-c3ccccc3)cc(C(C)(C)C)cc2-c2ccccc2)c2cccc3c5ccccc5c5ccccc5c5ccccc5n4c32)c([2H])c1[2H]. The molecule has 2 aliphatic heterocycles. The van der Waals surface area contributed by atoms with E-state index in [1.165, 1.54) is 0 Å². The number of benzene rings is 14. The van der Waals surface area contributed by atoms with Gasteiger partial charge in [-0.15, -0.1) is 0 Å². The van der Waals surface area contributed by atoms with Crippen molar-refractivity contribution < 1.29 is 13.7 Å². The Morgan fingerprint density at radius 3 is 1.33 bits per heavy atom. The molecular formula is C88H62BN3. The third-order valence-electron chi connectivity index (χ3n) is 19.0. The van der Waals surface area contributed by atoms with Crippen molar-refractivity contribution in [2.24, 2.45) is 0 Å². The third-order valence-corrected chi connectivity index (χ3v) is 19.0. The molecule has 0 radical (unpaired) electrons. The third kappa shape index (κ3) is 8.37. The Morgan fingerprint density at radius 2 is 0.772 bits per heavy atom. The fourth-order valence-corrected chi connectivity index (χ4v) is 14.9. The molecule has 3 nitrogen and oxygen atoms in total. The average molecular weight is 1180 g/mol. The van der Waals surface area contributed by atoms with E-state index in [-0.39, 0.29) is 40.7 Å². The van der Waals surface area contributed by atoms with Crippen molar-refractivity contribution in [1.82, 2.24) is 4.40 Å². The fourth-order valence-electron chi connectivity index (χ4n) is 14.9. The van der Waals surface area contributed by atoms with Crippen LogP contribution in [-0.4, -0.2) is 11.1 Å². The van der Waals surface area contributed by atoms with E-state index in [9.17, 15) is 5.48 Å². The van der Waals surface area contributed by atoms with Crippen LogP contribution < -0.4 is 26.2 Å². The summed E-state index contributed by atoms with van der Waals surface area (Å²) in [5.74, 6) is 0. The first-order chi connectivity index (χ1) is 49.5. The molecule has 2 aromatic heterocycles. The summed E-state index contributed by atoms with van der Waals surface area (Å²) in [6.07, 6.45) is 0. The zero-order valence-electron chi connectivity index (χ0n) is 60.7. The zero-order valence-corrected chi connectivity index (χ0v) is 50.7. The quantitative estimate of drug-likeness (QED) is 0.147. The van der Waals surface area contributed by atoms with Crippen LogP contribution >= 0.6 is 0 Å². The molecule has 432 valence electrons. The van der Waals surface area contributed by atoms with Gasteiger partial charge in [-0.2, -0.15) is 0 Å². The molecule has 16 aromatic rings. The lowest BCUT2D eigenvalue weighted by Crippen LogP contribution is -2.61. The van der Waals surface area contributed by atoms with Gasteiger partial charge in [0.25, 0.3) is 6.71 Å². The second-order valence-corrected chi connectivity index (χ2v) is 25.2. The Bertz CT molecular complexity index is 6190. The lowest BCUT2D eigenvalue weighted by molar-refractivity contribution is 0.591. The molecule has 0 N–H and O–H groups in total. The van der Waals surface area contributed by atoms with E-state index in [0.717, 1.165) is 138 Å². The Kier molecular flexibility index (Phi) is 10.1. The van der Waals surface area contributed by atoms with Crippen LogP contribution in [0.5, 0.6) is 0 Å². The summed E-state index contributed by atoms with van der Waals surface area (Å²) >= 11 is 0. The average Bonchev–Trinajstić information content (AvgIpc) is 1.31. The van der Waals surface area contributed by atoms with Crippen molar-refractivity contribution in [3.63, 3.8) is 0 Å². The largest absolute Gasteiger partial charge is 0.311 e. The number of aromatic nitrogens is 1. The van der Waals surface area contributed by atoms with Crippen LogP contribution in [0.3, 0.4) is 0 Å². The molecule has 2 aliphatic rings. The van der Waals surface area contributed by atoms with Crippen molar-refractivity contribution in [3.05, 3.63) is 327 Å². The highest BCUT2D eigenvalue weighted by molar-refractivity contribution is 7.00. The number of fused-ring (bicyclic) bond motifs is 15. The molecular weight excluding hydrogens is 1110 g/mol. The molecule has 0 amide bonds. The first-order valence-corrected chi connectivity index (χ1v) is 31.4. The summed E-state index contributed by atoms with van der Waals surface area (Å²) in [6, 6.07) is 87.5. The van der Waals surface area contributed by atoms with Gasteiger partial charge in [0.05, 0.1) is 41.6 Å². The number of para-hydroxylation sites is 2. The Labute approximate surface area is 550 Å². The molecule has 14 aromatic carbocycles. The Hall–Kier alpha value is -11.5. The van der Waals surface area contributed by atoms with Gasteiger partial charge in [-0.1, -0.05) is 294 Å². The van der Waals surface area contributed by atoms with E-state index in [0.29, 0.717) is 22.5 Å². The smallest absolute Gasteiger partial charge is 0.252 e. The van der Waals surface area contributed by atoms with Gasteiger partial charge in [-0.3, -0.25) is 0 Å². The molecule has 0 spiro atoms. The Morgan fingerprint density at radius 1 is 0.326 bits per heavy atom. The first-order valence-electron chi connectivity index (χ1n) is 36.4. The van der Waals surface area contributed by atoms with E-state index in [1.54, 1.807) is 0 Å². The van der Waals surface area contributed by atoms with Gasteiger partial charge in [0.2, 0.25) is 0 Å². The summed E-state index contributed by atoms with van der Waals surface area (Å²) in [5, 5.41) is 8.24. The maximum atomic E-state index is 9.66. The van der Waals surface area contributed by atoms with Crippen LogP contribution in [0.15, 0.2) is 321 Å². The van der Waals surface area contributed by atoms with Crippen molar-refractivity contribution in [3.8, 4) is 55.6 Å². The minimum atomic E-state index is -0.627. The molecule has 4 heterocycles. The highest BCUT2D eigenvalue weighted by Gasteiger charge is 2.46. The summed E-state index contributed by atoms with van der Waals surface area (Å²) in [6.45, 7) is 6.10. The monoisotopic (exact) mass is 1180 g/mol. The molecule has 4 heteroatoms. The van der Waals surface area contributed by atoms with E-state index in [1.807, 2.05) is 54.6 Å². The lowest BCUT2D eigenvalue weighted by Gasteiger charge is -2.45. The summed E-state index contributed by atoms with van der Waals surface area (Å²) in [4.78, 5) is 4.75. The minimum Gasteiger partial charge on any atom is -0.311 e. The highest BCUT2D eigenvalue weighted by Crippen LogP contribution is 2.56. The topological polar surface area (TPSA) is 10.9 Å². The van der Waals surface area contributed by atoms with Crippen molar-refractivity contribution >= 4 is 117 Å². The first kappa shape index (κ1) is 44.1. The van der Waals surface area contributed by atoms with Gasteiger partial charge < -0.3 is 14.2 Å². The van der Waals surface area contributed by atoms with Crippen molar-refractivity contribution in [2.75, 3.05) is 9.80 Å². The maximum Gasteiger partial charge on any atom is 0.252 e. The summed E-state index contributed by atoms with van der Waals surface area (Å²) in [5.41, 5.74) is 17.8. The summed E-state index contributed by atoms with van der Waals surface area (Å²) in [7, 11) is 0. The molecule has 0 aliphatic carbocycles. The number of nitrogens with zero attached hydrogens (tertiary/aromatic N) is 3. The maximum absolute atomic E-state index is 9.66. The standard InChI is InChI=1S/C88H62BN3/c1-88(2,3)65-54-74(61-32-15-7-16-33-61)86(75(55-65)62-34-17-8-18-35-62)92-80-53-64(59-30-13-6-14-31-59)47-51-77(80)89-76-50-46-63(58-28-11-5-12-29-58)52-79(76)90(66-48-44-60(45-49-66)57-26-9-4-10-27-57)82-56-81-83(87(92)84(82)89)73-42-25-41-72-70-39-22-20-37-68(70)67-36-19-21-38-69(67)71-40-23-24-43-78(71)91(81)85(72)73/h4-56H,1-3H3/i5D,6D,11D,12D,13D,14D,28D,29D,30D,31D. The van der Waals surface area contributed by atoms with Crippen LogP contribution in [-0.2, 0) is 5.41 Å². The second kappa shape index (κ2) is 21.1. The van der Waals surface area contributed by atoms with Crippen LogP contribution in [0, 0.1) is 0 Å². The normalized spacial score (nSPS) is 14.2. The molecule has 0 saturated heterocycles. The Balaban J connectivity index is 1.11. The molecule has 0 atom stereocenters. The van der Waals surface area contributed by atoms with Gasteiger partial charge in [0.15, 0.2) is 0 Å². The predicted molar refractivity (Wildman–Crippen MR) is 394 cm³/mol. The van der Waals surface area contributed by atoms with Crippen LogP contribution in [0.1, 0.15) is 40.0 Å². The molecule has 0 bridgehead atoms. The van der Waals surface area contributed by atoms with Crippen LogP contribution in [0.2, 0.25) is 0 Å². The molecule has 0 fully saturated rings. The molecule has 92 heavy (non-hydrogen) atoms. The van der Waals surface area contributed by atoms with E-state index in [4.69, 9.17) is 8.22 Å². The zero-order chi connectivity index (χ0) is 69.9. The highest BCUT2D eigenvalue weighted by atomic mass is 15.2. The van der Waals surface area contributed by atoms with Crippen molar-refractivity contribution in [2.45, 2.75) is 26.2 Å². The summed E-state index contributed by atoms with van der Waals surface area (Å²) < 4.78 is 94.6. The van der Waals surface area contributed by atoms with Gasteiger partial charge in [-0.05, 0) is 142 Å². The lowest BCUT2D eigenvalue weighted by atomic mass is 9.33. The number of hydrogen-bond acceptors (Lipinski definition) is 2. The molecule has 0 unspecified atom stereocenters. The second-order valence-electron chi connectivity index (χ2n) is 25.2. The fraction of sp³-hybridized carbons (Fsp3) is 0.0455. The number of hydrogen-bond donors (Lipinski definition) is 0. The predicted octanol–water partition coefficient (Wildman–Crippen LogP) is 22.0. The van der Waals surface area contributed by atoms with Crippen LogP contribution in [0.4, 0.5) is 34.1 Å². The van der Waals surface area contributed by atoms with E-state index < -0.39 is 43.0 Å². The van der Waals surface area contributed by atoms with E-state index >= 15 is 0 Å². The van der Waals surface area contributed by atoms with Gasteiger partial charge in [0.1, 0.15) is 0 Å². The van der Waals surface area contributed by atoms with Gasteiger partial charge in [-0.25, -0.2) is 0 Å². The molecule has 0 saturated carbocycles. The van der Waals surface area contributed by atoms with Gasteiger partial charge in [0, 0.05) is 55.4 Å². The van der Waals surface area contributed by atoms with Crippen molar-refractivity contribution in [1.29, 1.82) is 0 Å². The molecule has 18 rings (SSSR count).